The Morgan fingerprint density at radius 1 is 0.606 bits per heavy atom. The van der Waals surface area contributed by atoms with E-state index in [1.165, 1.54) is 128 Å². The van der Waals surface area contributed by atoms with Crippen LogP contribution in [0.1, 0.15) is 135 Å². The molecule has 2 fully saturated rings. The lowest BCUT2D eigenvalue weighted by Gasteiger charge is -2.38. The monoisotopic (exact) mass is 454 g/mol. The molecule has 2 saturated carbocycles. The quantitative estimate of drug-likeness (QED) is 0.239. The highest BCUT2D eigenvalue weighted by atomic mass is 16.5. The summed E-state index contributed by atoms with van der Waals surface area (Å²) in [6.45, 7) is 5.48. The Balaban J connectivity index is 1.25. The third-order valence-corrected chi connectivity index (χ3v) is 8.95. The van der Waals surface area contributed by atoms with Crippen LogP contribution in [-0.4, -0.2) is 6.61 Å². The molecular formula is C32H54O. The summed E-state index contributed by atoms with van der Waals surface area (Å²) >= 11 is 0. The second-order valence-corrected chi connectivity index (χ2v) is 11.5. The third kappa shape index (κ3) is 10.0. The SMILES string of the molecule is CCCCCCCCOc1ccc(CCC2CCC(C3CCC(CCCC)CC3)CC2)cc1. The minimum atomic E-state index is 0.870. The molecule has 2 aliphatic carbocycles. The molecule has 0 heterocycles. The van der Waals surface area contributed by atoms with Crippen LogP contribution < -0.4 is 4.74 Å². The van der Waals surface area contributed by atoms with Crippen molar-refractivity contribution in [3.8, 4) is 5.75 Å². The topological polar surface area (TPSA) is 9.23 Å². The Bertz CT molecular complexity index is 589. The average molecular weight is 455 g/mol. The summed E-state index contributed by atoms with van der Waals surface area (Å²) in [7, 11) is 0. The highest BCUT2D eigenvalue weighted by Crippen LogP contribution is 2.43. The fourth-order valence-corrected chi connectivity index (χ4v) is 6.58. The minimum Gasteiger partial charge on any atom is -0.494 e. The molecule has 0 aromatic heterocycles. The number of hydrogen-bond donors (Lipinski definition) is 0. The molecule has 0 spiro atoms. The fraction of sp³-hybridized carbons (Fsp3) is 0.812. The van der Waals surface area contributed by atoms with E-state index in [0.29, 0.717) is 0 Å². The maximum atomic E-state index is 5.96. The van der Waals surface area contributed by atoms with Crippen molar-refractivity contribution in [2.75, 3.05) is 6.61 Å². The third-order valence-electron chi connectivity index (χ3n) is 8.95. The first-order valence-corrected chi connectivity index (χ1v) is 15.0. The van der Waals surface area contributed by atoms with E-state index in [1.54, 1.807) is 0 Å². The number of aryl methyl sites for hydroxylation is 1. The van der Waals surface area contributed by atoms with Gasteiger partial charge in [0.05, 0.1) is 6.61 Å². The molecule has 0 unspecified atom stereocenters. The Morgan fingerprint density at radius 2 is 1.15 bits per heavy atom. The molecule has 2 aliphatic rings. The van der Waals surface area contributed by atoms with Crippen LogP contribution in [0.2, 0.25) is 0 Å². The molecule has 0 amide bonds. The van der Waals surface area contributed by atoms with Gasteiger partial charge in [-0.25, -0.2) is 0 Å². The first-order valence-electron chi connectivity index (χ1n) is 15.0. The molecule has 0 bridgehead atoms. The summed E-state index contributed by atoms with van der Waals surface area (Å²) in [5, 5.41) is 0. The molecule has 188 valence electrons. The summed E-state index contributed by atoms with van der Waals surface area (Å²) in [6.07, 6.45) is 27.0. The van der Waals surface area contributed by atoms with Gasteiger partial charge < -0.3 is 4.74 Å². The molecule has 1 heteroatoms. The van der Waals surface area contributed by atoms with Crippen molar-refractivity contribution in [1.29, 1.82) is 0 Å². The lowest BCUT2D eigenvalue weighted by Crippen LogP contribution is -2.26. The molecule has 0 radical (unpaired) electrons. The first kappa shape index (κ1) is 26.6. The lowest BCUT2D eigenvalue weighted by molar-refractivity contribution is 0.140. The Kier molecular flexibility index (Phi) is 12.8. The smallest absolute Gasteiger partial charge is 0.119 e. The molecule has 0 aliphatic heterocycles. The van der Waals surface area contributed by atoms with E-state index in [0.717, 1.165) is 36.0 Å². The van der Waals surface area contributed by atoms with Gasteiger partial charge in [-0.1, -0.05) is 103 Å². The zero-order chi connectivity index (χ0) is 23.1. The van der Waals surface area contributed by atoms with Gasteiger partial charge in [0.1, 0.15) is 5.75 Å². The van der Waals surface area contributed by atoms with Crippen molar-refractivity contribution in [2.45, 2.75) is 136 Å². The Labute approximate surface area is 206 Å². The van der Waals surface area contributed by atoms with Crippen molar-refractivity contribution in [2.24, 2.45) is 23.7 Å². The average Bonchev–Trinajstić information content (AvgIpc) is 2.87. The summed E-state index contributed by atoms with van der Waals surface area (Å²) in [5.41, 5.74) is 1.49. The number of hydrogen-bond acceptors (Lipinski definition) is 1. The second-order valence-electron chi connectivity index (χ2n) is 11.5. The highest BCUT2D eigenvalue weighted by molar-refractivity contribution is 5.27. The van der Waals surface area contributed by atoms with E-state index in [1.807, 2.05) is 0 Å². The van der Waals surface area contributed by atoms with Gasteiger partial charge in [0, 0.05) is 0 Å². The minimum absolute atomic E-state index is 0.870. The molecule has 3 rings (SSSR count). The van der Waals surface area contributed by atoms with Crippen LogP contribution in [0.15, 0.2) is 24.3 Å². The van der Waals surface area contributed by atoms with E-state index < -0.39 is 0 Å². The van der Waals surface area contributed by atoms with Gasteiger partial charge in [0.2, 0.25) is 0 Å². The van der Waals surface area contributed by atoms with Crippen molar-refractivity contribution >= 4 is 0 Å². The van der Waals surface area contributed by atoms with Crippen molar-refractivity contribution in [3.05, 3.63) is 29.8 Å². The maximum absolute atomic E-state index is 5.96. The molecule has 33 heavy (non-hydrogen) atoms. The fourth-order valence-electron chi connectivity index (χ4n) is 6.58. The first-order chi connectivity index (χ1) is 16.3. The summed E-state index contributed by atoms with van der Waals surface area (Å²) < 4.78 is 5.96. The van der Waals surface area contributed by atoms with Crippen molar-refractivity contribution in [3.63, 3.8) is 0 Å². The summed E-state index contributed by atoms with van der Waals surface area (Å²) in [6, 6.07) is 9.00. The number of ether oxygens (including phenoxy) is 1. The van der Waals surface area contributed by atoms with Crippen LogP contribution >= 0.6 is 0 Å². The van der Waals surface area contributed by atoms with Gasteiger partial charge in [-0.15, -0.1) is 0 Å². The van der Waals surface area contributed by atoms with Gasteiger partial charge in [-0.3, -0.25) is 0 Å². The van der Waals surface area contributed by atoms with E-state index in [-0.39, 0.29) is 0 Å². The predicted molar refractivity (Wildman–Crippen MR) is 144 cm³/mol. The van der Waals surface area contributed by atoms with Crippen LogP contribution in [0.4, 0.5) is 0 Å². The normalized spacial score (nSPS) is 25.8. The maximum Gasteiger partial charge on any atom is 0.119 e. The van der Waals surface area contributed by atoms with Gasteiger partial charge >= 0.3 is 0 Å². The van der Waals surface area contributed by atoms with Gasteiger partial charge in [0.15, 0.2) is 0 Å². The van der Waals surface area contributed by atoms with Crippen LogP contribution in [-0.2, 0) is 6.42 Å². The van der Waals surface area contributed by atoms with E-state index in [9.17, 15) is 0 Å². The molecule has 0 atom stereocenters. The Morgan fingerprint density at radius 3 is 1.76 bits per heavy atom. The van der Waals surface area contributed by atoms with Crippen LogP contribution in [0.5, 0.6) is 5.75 Å². The van der Waals surface area contributed by atoms with E-state index >= 15 is 0 Å². The van der Waals surface area contributed by atoms with Gasteiger partial charge in [0.25, 0.3) is 0 Å². The van der Waals surface area contributed by atoms with Crippen molar-refractivity contribution < 1.29 is 4.74 Å². The molecule has 1 aromatic carbocycles. The van der Waals surface area contributed by atoms with Crippen LogP contribution in [0, 0.1) is 23.7 Å². The van der Waals surface area contributed by atoms with Gasteiger partial charge in [-0.2, -0.15) is 0 Å². The number of benzene rings is 1. The number of rotatable bonds is 15. The van der Waals surface area contributed by atoms with Crippen LogP contribution in [0.25, 0.3) is 0 Å². The molecule has 1 aromatic rings. The zero-order valence-electron chi connectivity index (χ0n) is 22.2. The molecule has 0 saturated heterocycles. The van der Waals surface area contributed by atoms with Crippen molar-refractivity contribution in [1.82, 2.24) is 0 Å². The summed E-state index contributed by atoms with van der Waals surface area (Å²) in [5.74, 6) is 5.19. The Hall–Kier alpha value is -0.980. The lowest BCUT2D eigenvalue weighted by atomic mass is 9.68. The number of unbranched alkanes of at least 4 members (excludes halogenated alkanes) is 6. The predicted octanol–water partition coefficient (Wildman–Crippen LogP) is 10.2. The second kappa shape index (κ2) is 15.8. The standard InChI is InChI=1S/C32H54O/c1-3-5-7-8-9-10-26-33-32-24-18-29(19-25-32)13-12-28-16-22-31(23-17-28)30-20-14-27(15-21-30)11-6-4-2/h18-19,24-25,27-28,30-31H,3-17,20-23,26H2,1-2H3. The van der Waals surface area contributed by atoms with Gasteiger partial charge in [-0.05, 0) is 86.3 Å². The van der Waals surface area contributed by atoms with E-state index in [2.05, 4.69) is 38.1 Å². The summed E-state index contributed by atoms with van der Waals surface area (Å²) in [4.78, 5) is 0. The van der Waals surface area contributed by atoms with E-state index in [4.69, 9.17) is 4.74 Å². The zero-order valence-corrected chi connectivity index (χ0v) is 22.2. The largest absolute Gasteiger partial charge is 0.494 e. The van der Waals surface area contributed by atoms with Crippen LogP contribution in [0.3, 0.4) is 0 Å². The highest BCUT2D eigenvalue weighted by Gasteiger charge is 2.30. The molecule has 1 nitrogen and oxygen atoms in total. The molecule has 0 N–H and O–H groups in total. The molecular weight excluding hydrogens is 400 g/mol.